The highest BCUT2D eigenvalue weighted by molar-refractivity contribution is 5.82. The van der Waals surface area contributed by atoms with Crippen LogP contribution in [0, 0.1) is 0 Å². The van der Waals surface area contributed by atoms with Gasteiger partial charge in [-0.3, -0.25) is 0 Å². The normalized spacial score (nSPS) is 16.3. The Morgan fingerprint density at radius 3 is 3.15 bits per heavy atom. The van der Waals surface area contributed by atoms with Gasteiger partial charge in [-0.15, -0.1) is 0 Å². The maximum absolute atomic E-state index is 5.74. The third-order valence-electron chi connectivity index (χ3n) is 2.24. The molecule has 66 valence electrons. The van der Waals surface area contributed by atoms with Crippen molar-refractivity contribution in [3.05, 3.63) is 24.5 Å². The van der Waals surface area contributed by atoms with Crippen LogP contribution < -0.4 is 4.74 Å². The summed E-state index contributed by atoms with van der Waals surface area (Å²) in [6.45, 7) is 0. The van der Waals surface area contributed by atoms with Gasteiger partial charge in [0.2, 0.25) is 0 Å². The van der Waals surface area contributed by atoms with Crippen molar-refractivity contribution in [1.82, 2.24) is 9.97 Å². The van der Waals surface area contributed by atoms with Crippen LogP contribution in [0.5, 0.6) is 5.75 Å². The van der Waals surface area contributed by atoms with Crippen molar-refractivity contribution in [2.75, 3.05) is 0 Å². The highest BCUT2D eigenvalue weighted by atomic mass is 16.5. The third-order valence-corrected chi connectivity index (χ3v) is 2.24. The summed E-state index contributed by atoms with van der Waals surface area (Å²) >= 11 is 0. The Bertz CT molecular complexity index is 431. The number of fused-ring (bicyclic) bond motifs is 1. The van der Waals surface area contributed by atoms with Gasteiger partial charge in [-0.2, -0.15) is 0 Å². The van der Waals surface area contributed by atoms with Gasteiger partial charge >= 0.3 is 0 Å². The molecule has 3 heteroatoms. The summed E-state index contributed by atoms with van der Waals surface area (Å²) in [4.78, 5) is 7.26. The number of pyridine rings is 1. The number of hydrogen-bond donors (Lipinski definition) is 1. The second kappa shape index (κ2) is 2.49. The Morgan fingerprint density at radius 2 is 2.31 bits per heavy atom. The van der Waals surface area contributed by atoms with E-state index in [9.17, 15) is 0 Å². The Labute approximate surface area is 75.7 Å². The molecule has 13 heavy (non-hydrogen) atoms. The summed E-state index contributed by atoms with van der Waals surface area (Å²) in [6, 6.07) is 3.93. The molecule has 0 bridgehead atoms. The monoisotopic (exact) mass is 174 g/mol. The SMILES string of the molecule is c1cc(OC2CC2)c2cc[nH]c2n1. The molecular weight excluding hydrogens is 164 g/mol. The van der Waals surface area contributed by atoms with Crippen LogP contribution in [0.15, 0.2) is 24.5 Å². The van der Waals surface area contributed by atoms with Gasteiger partial charge in [-0.05, 0) is 25.0 Å². The first-order valence-electron chi connectivity index (χ1n) is 4.52. The van der Waals surface area contributed by atoms with Crippen molar-refractivity contribution in [2.24, 2.45) is 0 Å². The van der Waals surface area contributed by atoms with Crippen molar-refractivity contribution in [3.63, 3.8) is 0 Å². The van der Waals surface area contributed by atoms with Gasteiger partial charge in [-0.25, -0.2) is 4.98 Å². The van der Waals surface area contributed by atoms with E-state index in [2.05, 4.69) is 9.97 Å². The summed E-state index contributed by atoms with van der Waals surface area (Å²) < 4.78 is 5.74. The molecule has 1 saturated carbocycles. The lowest BCUT2D eigenvalue weighted by atomic mass is 10.3. The molecule has 3 nitrogen and oxygen atoms in total. The summed E-state index contributed by atoms with van der Waals surface area (Å²) in [7, 11) is 0. The first-order valence-corrected chi connectivity index (χ1v) is 4.52. The maximum Gasteiger partial charge on any atom is 0.140 e. The summed E-state index contributed by atoms with van der Waals surface area (Å²) in [5.41, 5.74) is 0.901. The summed E-state index contributed by atoms with van der Waals surface area (Å²) in [6.07, 6.45) is 6.48. The molecule has 2 aromatic heterocycles. The molecule has 0 aliphatic heterocycles. The van der Waals surface area contributed by atoms with Crippen LogP contribution in [0.2, 0.25) is 0 Å². The zero-order valence-corrected chi connectivity index (χ0v) is 7.16. The second-order valence-electron chi connectivity index (χ2n) is 3.37. The second-order valence-corrected chi connectivity index (χ2v) is 3.37. The minimum absolute atomic E-state index is 0.445. The molecule has 3 rings (SSSR count). The number of nitrogens with one attached hydrogen (secondary N) is 1. The van der Waals surface area contributed by atoms with E-state index >= 15 is 0 Å². The molecule has 0 atom stereocenters. The van der Waals surface area contributed by atoms with Gasteiger partial charge < -0.3 is 9.72 Å². The smallest absolute Gasteiger partial charge is 0.140 e. The van der Waals surface area contributed by atoms with Gasteiger partial charge in [0.1, 0.15) is 11.4 Å². The Balaban J connectivity index is 2.09. The molecule has 1 aliphatic rings. The number of aromatic amines is 1. The van der Waals surface area contributed by atoms with E-state index in [1.165, 1.54) is 12.8 Å². The average Bonchev–Trinajstić information content (AvgIpc) is 2.83. The number of nitrogens with zero attached hydrogens (tertiary/aromatic N) is 1. The zero-order valence-electron chi connectivity index (χ0n) is 7.16. The standard InChI is InChI=1S/C10H10N2O/c1-2-7(1)13-9-4-6-12-10-8(9)3-5-11-10/h3-7H,1-2H2,(H,11,12). The maximum atomic E-state index is 5.74. The van der Waals surface area contributed by atoms with Crippen molar-refractivity contribution in [3.8, 4) is 5.75 Å². The van der Waals surface area contributed by atoms with Crippen molar-refractivity contribution in [2.45, 2.75) is 18.9 Å². The minimum atomic E-state index is 0.445. The number of rotatable bonds is 2. The fourth-order valence-electron chi connectivity index (χ4n) is 1.40. The molecule has 1 N–H and O–H groups in total. The molecule has 0 radical (unpaired) electrons. The lowest BCUT2D eigenvalue weighted by Gasteiger charge is -2.04. The van der Waals surface area contributed by atoms with Crippen LogP contribution in [0.25, 0.3) is 11.0 Å². The summed E-state index contributed by atoms with van der Waals surface area (Å²) in [5.74, 6) is 0.953. The van der Waals surface area contributed by atoms with Crippen LogP contribution in [-0.2, 0) is 0 Å². The molecule has 1 fully saturated rings. The van der Waals surface area contributed by atoms with E-state index in [4.69, 9.17) is 4.74 Å². The van der Waals surface area contributed by atoms with Gasteiger partial charge in [0.25, 0.3) is 0 Å². The van der Waals surface area contributed by atoms with Gasteiger partial charge in [0.15, 0.2) is 0 Å². The fraction of sp³-hybridized carbons (Fsp3) is 0.300. The molecule has 0 spiro atoms. The molecular formula is C10H10N2O. The molecule has 1 aliphatic carbocycles. The molecule has 2 aromatic rings. The van der Waals surface area contributed by atoms with Gasteiger partial charge in [0.05, 0.1) is 11.5 Å². The average molecular weight is 174 g/mol. The van der Waals surface area contributed by atoms with Crippen molar-refractivity contribution < 1.29 is 4.74 Å². The van der Waals surface area contributed by atoms with E-state index in [0.29, 0.717) is 6.10 Å². The van der Waals surface area contributed by atoms with Crippen LogP contribution in [0.1, 0.15) is 12.8 Å². The topological polar surface area (TPSA) is 37.9 Å². The molecule has 0 aromatic carbocycles. The summed E-state index contributed by atoms with van der Waals surface area (Å²) in [5, 5.41) is 1.08. The Morgan fingerprint density at radius 1 is 1.38 bits per heavy atom. The van der Waals surface area contributed by atoms with E-state index in [1.807, 2.05) is 18.3 Å². The van der Waals surface area contributed by atoms with Crippen molar-refractivity contribution >= 4 is 11.0 Å². The number of aromatic nitrogens is 2. The van der Waals surface area contributed by atoms with Crippen LogP contribution >= 0.6 is 0 Å². The van der Waals surface area contributed by atoms with Crippen LogP contribution in [0.3, 0.4) is 0 Å². The van der Waals surface area contributed by atoms with E-state index < -0.39 is 0 Å². The molecule has 0 unspecified atom stereocenters. The number of hydrogen-bond acceptors (Lipinski definition) is 2. The minimum Gasteiger partial charge on any atom is -0.490 e. The largest absolute Gasteiger partial charge is 0.490 e. The Hall–Kier alpha value is -1.51. The quantitative estimate of drug-likeness (QED) is 0.757. The Kier molecular flexibility index (Phi) is 1.33. The zero-order chi connectivity index (χ0) is 8.67. The number of ether oxygens (including phenoxy) is 1. The van der Waals surface area contributed by atoms with Gasteiger partial charge in [-0.1, -0.05) is 0 Å². The lowest BCUT2D eigenvalue weighted by Crippen LogP contribution is -1.96. The first kappa shape index (κ1) is 6.95. The van der Waals surface area contributed by atoms with Crippen molar-refractivity contribution in [1.29, 1.82) is 0 Å². The lowest BCUT2D eigenvalue weighted by molar-refractivity contribution is 0.307. The highest BCUT2D eigenvalue weighted by Gasteiger charge is 2.24. The van der Waals surface area contributed by atoms with Crippen LogP contribution in [0.4, 0.5) is 0 Å². The predicted molar refractivity (Wildman–Crippen MR) is 49.7 cm³/mol. The van der Waals surface area contributed by atoms with E-state index in [0.717, 1.165) is 16.8 Å². The van der Waals surface area contributed by atoms with E-state index in [1.54, 1.807) is 6.20 Å². The molecule has 0 amide bonds. The van der Waals surface area contributed by atoms with Crippen LogP contribution in [-0.4, -0.2) is 16.1 Å². The highest BCUT2D eigenvalue weighted by Crippen LogP contribution is 2.30. The predicted octanol–water partition coefficient (Wildman–Crippen LogP) is 2.10. The molecule has 2 heterocycles. The first-order chi connectivity index (χ1) is 6.43. The fourth-order valence-corrected chi connectivity index (χ4v) is 1.40. The number of H-pyrrole nitrogens is 1. The third kappa shape index (κ3) is 1.16. The van der Waals surface area contributed by atoms with E-state index in [-0.39, 0.29) is 0 Å². The van der Waals surface area contributed by atoms with Gasteiger partial charge in [0, 0.05) is 12.4 Å². The molecule has 0 saturated heterocycles.